The molecule has 0 spiro atoms. The predicted octanol–water partition coefficient (Wildman–Crippen LogP) is 0.697. The number of nitrogens with one attached hydrogen (secondary N) is 1. The van der Waals surface area contributed by atoms with Crippen molar-refractivity contribution in [1.29, 1.82) is 0 Å². The van der Waals surface area contributed by atoms with Crippen LogP contribution in [0.4, 0.5) is 0 Å². The lowest BCUT2D eigenvalue weighted by molar-refractivity contribution is -0.605. The van der Waals surface area contributed by atoms with Crippen molar-refractivity contribution < 1.29 is 14.6 Å². The molecule has 1 saturated carbocycles. The summed E-state index contributed by atoms with van der Waals surface area (Å²) in [5.41, 5.74) is 2.04. The number of nitrogens with zero attached hydrogens (tertiary/aromatic N) is 4. The molecule has 2 aromatic rings. The fraction of sp³-hybridized carbons (Fsp3) is 0.556. The van der Waals surface area contributed by atoms with Gasteiger partial charge in [-0.2, -0.15) is 9.83 Å². The molecule has 2 aliphatic rings. The van der Waals surface area contributed by atoms with E-state index in [0.29, 0.717) is 28.1 Å². The van der Waals surface area contributed by atoms with E-state index in [0.717, 1.165) is 24.1 Å². The summed E-state index contributed by atoms with van der Waals surface area (Å²) in [5.74, 6) is 1.07. The van der Waals surface area contributed by atoms with Crippen molar-refractivity contribution in [2.24, 2.45) is 11.3 Å². The minimum absolute atomic E-state index is 0.139. The quantitative estimate of drug-likeness (QED) is 0.619. The third-order valence-electron chi connectivity index (χ3n) is 5.39. The molecule has 138 valence electrons. The second kappa shape index (κ2) is 5.77. The molecule has 4 rings (SSSR count). The zero-order chi connectivity index (χ0) is 18.6. The largest absolute Gasteiger partial charge is 0.619 e. The molecule has 2 aromatic heterocycles. The highest BCUT2D eigenvalue weighted by Gasteiger charge is 2.50. The highest BCUT2D eigenvalue weighted by atomic mass is 16.5. The lowest BCUT2D eigenvalue weighted by atomic mass is 9.87. The topological polar surface area (TPSA) is 107 Å². The third kappa shape index (κ3) is 2.74. The van der Waals surface area contributed by atoms with Crippen LogP contribution < -0.4 is 10.0 Å². The number of hydrogen-bond acceptors (Lipinski definition) is 5. The van der Waals surface area contributed by atoms with Gasteiger partial charge in [0.2, 0.25) is 12.0 Å². The van der Waals surface area contributed by atoms with Gasteiger partial charge in [-0.3, -0.25) is 4.79 Å². The maximum atomic E-state index is 12.9. The molecule has 8 heteroatoms. The van der Waals surface area contributed by atoms with Gasteiger partial charge in [0.25, 0.3) is 5.91 Å². The molecule has 0 saturated heterocycles. The van der Waals surface area contributed by atoms with Crippen molar-refractivity contribution in [1.82, 2.24) is 20.1 Å². The zero-order valence-electron chi connectivity index (χ0n) is 15.1. The van der Waals surface area contributed by atoms with Gasteiger partial charge >= 0.3 is 0 Å². The van der Waals surface area contributed by atoms with E-state index in [-0.39, 0.29) is 24.0 Å². The van der Waals surface area contributed by atoms with Gasteiger partial charge in [0, 0.05) is 11.5 Å². The Morgan fingerprint density at radius 1 is 1.54 bits per heavy atom. The Hall–Kier alpha value is -2.48. The summed E-state index contributed by atoms with van der Waals surface area (Å²) in [5, 5.41) is 28.6. The first-order valence-corrected chi connectivity index (χ1v) is 8.88. The van der Waals surface area contributed by atoms with Gasteiger partial charge in [-0.05, 0) is 24.2 Å². The third-order valence-corrected chi connectivity index (χ3v) is 5.39. The first-order chi connectivity index (χ1) is 12.3. The van der Waals surface area contributed by atoms with Crippen LogP contribution in [0, 0.1) is 16.5 Å². The molecule has 0 aromatic carbocycles. The lowest BCUT2D eigenvalue weighted by Gasteiger charge is -2.29. The summed E-state index contributed by atoms with van der Waals surface area (Å²) in [6.45, 7) is 5.76. The molecule has 8 nitrogen and oxygen atoms in total. The number of aliphatic hydroxyl groups is 1. The van der Waals surface area contributed by atoms with Gasteiger partial charge in [0.05, 0.1) is 24.5 Å². The number of aromatic nitrogens is 4. The van der Waals surface area contributed by atoms with Crippen LogP contribution in [0.2, 0.25) is 0 Å². The fourth-order valence-corrected chi connectivity index (χ4v) is 3.71. The molecule has 0 radical (unpaired) electrons. The number of carbonyl (C=O) groups is 1. The van der Waals surface area contributed by atoms with Crippen molar-refractivity contribution in [3.8, 4) is 5.82 Å². The van der Waals surface area contributed by atoms with Crippen molar-refractivity contribution >= 4 is 5.91 Å². The number of amides is 1. The SMILES string of the molecule is CC(C)(C)C(CO)NC(=O)c1nn(-c2c[n+]([O-])ccn2)c2c1CC1CC21. The van der Waals surface area contributed by atoms with Crippen LogP contribution in [0.1, 0.15) is 54.9 Å². The smallest absolute Gasteiger partial charge is 0.272 e. The van der Waals surface area contributed by atoms with Gasteiger partial charge in [0.15, 0.2) is 11.9 Å². The summed E-state index contributed by atoms with van der Waals surface area (Å²) < 4.78 is 2.32. The fourth-order valence-electron chi connectivity index (χ4n) is 3.71. The van der Waals surface area contributed by atoms with E-state index in [9.17, 15) is 15.1 Å². The Balaban J connectivity index is 1.71. The number of carbonyl (C=O) groups excluding carboxylic acids is 1. The minimum atomic E-state index is -0.370. The van der Waals surface area contributed by atoms with Crippen LogP contribution in [-0.2, 0) is 6.42 Å². The lowest BCUT2D eigenvalue weighted by Crippen LogP contribution is -2.46. The first kappa shape index (κ1) is 17.0. The number of hydrogen-bond donors (Lipinski definition) is 2. The molecule has 0 bridgehead atoms. The highest BCUT2D eigenvalue weighted by Crippen LogP contribution is 2.57. The molecule has 3 unspecified atom stereocenters. The number of aliphatic hydroxyl groups excluding tert-OH is 1. The standard InChI is InChI=1S/C18H23N5O3/c1-18(2,3)13(9-24)20-17(25)15-12-7-10-6-11(10)16(12)23(21-15)14-8-22(26)5-4-19-14/h4-5,8,10-11,13,24H,6-7,9H2,1-3H3,(H,20,25). The zero-order valence-corrected chi connectivity index (χ0v) is 15.1. The van der Waals surface area contributed by atoms with Crippen LogP contribution in [0.15, 0.2) is 18.6 Å². The van der Waals surface area contributed by atoms with Crippen LogP contribution >= 0.6 is 0 Å². The van der Waals surface area contributed by atoms with E-state index in [1.807, 2.05) is 20.8 Å². The summed E-state index contributed by atoms with van der Waals surface area (Å²) in [6, 6.07) is -0.370. The summed E-state index contributed by atoms with van der Waals surface area (Å²) in [4.78, 5) is 17.1. The van der Waals surface area contributed by atoms with Crippen molar-refractivity contribution in [3.63, 3.8) is 0 Å². The average Bonchev–Trinajstić information content (AvgIpc) is 3.07. The summed E-state index contributed by atoms with van der Waals surface area (Å²) in [6.07, 6.45) is 6.01. The van der Waals surface area contributed by atoms with Gasteiger partial charge in [-0.15, -0.1) is 0 Å². The Morgan fingerprint density at radius 3 is 2.96 bits per heavy atom. The molecule has 0 aliphatic heterocycles. The van der Waals surface area contributed by atoms with Gasteiger partial charge < -0.3 is 15.6 Å². The van der Waals surface area contributed by atoms with Crippen molar-refractivity contribution in [2.75, 3.05) is 6.61 Å². The normalized spacial score (nSPS) is 21.8. The second-order valence-corrected chi connectivity index (χ2v) is 8.28. The molecular formula is C18H23N5O3. The molecule has 2 N–H and O–H groups in total. The number of fused-ring (bicyclic) bond motifs is 3. The second-order valence-electron chi connectivity index (χ2n) is 8.28. The minimum Gasteiger partial charge on any atom is -0.619 e. The van der Waals surface area contributed by atoms with Crippen molar-refractivity contribution in [3.05, 3.63) is 40.7 Å². The maximum Gasteiger partial charge on any atom is 0.272 e. The summed E-state index contributed by atoms with van der Waals surface area (Å²) in [7, 11) is 0. The number of rotatable bonds is 4. The summed E-state index contributed by atoms with van der Waals surface area (Å²) >= 11 is 0. The van der Waals surface area contributed by atoms with E-state index >= 15 is 0 Å². The Kier molecular flexibility index (Phi) is 3.76. The van der Waals surface area contributed by atoms with Crippen LogP contribution in [0.3, 0.4) is 0 Å². The van der Waals surface area contributed by atoms with E-state index in [2.05, 4.69) is 15.4 Å². The van der Waals surface area contributed by atoms with E-state index in [4.69, 9.17) is 0 Å². The van der Waals surface area contributed by atoms with E-state index in [1.54, 1.807) is 4.68 Å². The molecule has 2 aliphatic carbocycles. The maximum absolute atomic E-state index is 12.9. The highest BCUT2D eigenvalue weighted by molar-refractivity contribution is 5.94. The molecule has 1 fully saturated rings. The van der Waals surface area contributed by atoms with Gasteiger partial charge in [0.1, 0.15) is 0 Å². The Bertz CT molecular complexity index is 870. The predicted molar refractivity (Wildman–Crippen MR) is 92.7 cm³/mol. The Labute approximate surface area is 151 Å². The Morgan fingerprint density at radius 2 is 2.31 bits per heavy atom. The molecule has 3 atom stereocenters. The molecule has 1 amide bonds. The average molecular weight is 357 g/mol. The van der Waals surface area contributed by atoms with E-state index in [1.165, 1.54) is 18.6 Å². The monoisotopic (exact) mass is 357 g/mol. The van der Waals surface area contributed by atoms with E-state index < -0.39 is 0 Å². The van der Waals surface area contributed by atoms with Crippen LogP contribution in [0.5, 0.6) is 0 Å². The first-order valence-electron chi connectivity index (χ1n) is 8.88. The molecule has 2 heterocycles. The van der Waals surface area contributed by atoms with Crippen molar-refractivity contribution in [2.45, 2.75) is 45.6 Å². The van der Waals surface area contributed by atoms with Gasteiger partial charge in [-0.25, -0.2) is 9.67 Å². The van der Waals surface area contributed by atoms with Crippen LogP contribution in [0.25, 0.3) is 5.82 Å². The molecular weight excluding hydrogens is 334 g/mol. The van der Waals surface area contributed by atoms with Gasteiger partial charge in [-0.1, -0.05) is 20.8 Å². The van der Waals surface area contributed by atoms with Crippen LogP contribution in [-0.4, -0.2) is 38.4 Å². The molecule has 26 heavy (non-hydrogen) atoms.